The summed E-state index contributed by atoms with van der Waals surface area (Å²) in [4.78, 5) is 14.6. The fraction of sp³-hybridized carbons (Fsp3) is 0.409. The molecule has 0 saturated carbocycles. The molecule has 1 aliphatic rings. The van der Waals surface area contributed by atoms with Crippen LogP contribution in [0, 0.1) is 17.5 Å². The minimum absolute atomic E-state index is 0.00818. The first-order valence-corrected chi connectivity index (χ1v) is 9.89. The summed E-state index contributed by atoms with van der Waals surface area (Å²) in [5, 5.41) is 3.42. The SMILES string of the molecule is CCc1ccc2c(c1)NCCCN(C(=O)CC(N)Cc1cc(F)c(F)cc1F)C2. The molecule has 0 spiro atoms. The van der Waals surface area contributed by atoms with Crippen molar-refractivity contribution in [3.63, 3.8) is 0 Å². The number of carbonyl (C=O) groups excluding carboxylic acids is 1. The Labute approximate surface area is 168 Å². The lowest BCUT2D eigenvalue weighted by molar-refractivity contribution is -0.132. The van der Waals surface area contributed by atoms with Gasteiger partial charge in [0, 0.05) is 43.9 Å². The molecule has 3 rings (SSSR count). The van der Waals surface area contributed by atoms with E-state index < -0.39 is 23.5 Å². The molecule has 1 aliphatic heterocycles. The van der Waals surface area contributed by atoms with Crippen LogP contribution in [0.25, 0.3) is 0 Å². The minimum Gasteiger partial charge on any atom is -0.385 e. The second kappa shape index (κ2) is 9.31. The van der Waals surface area contributed by atoms with Gasteiger partial charge >= 0.3 is 0 Å². The molecule has 1 heterocycles. The van der Waals surface area contributed by atoms with Crippen LogP contribution < -0.4 is 11.1 Å². The van der Waals surface area contributed by atoms with Gasteiger partial charge < -0.3 is 16.0 Å². The maximum absolute atomic E-state index is 13.8. The van der Waals surface area contributed by atoms with Crippen molar-refractivity contribution < 1.29 is 18.0 Å². The van der Waals surface area contributed by atoms with Crippen molar-refractivity contribution in [3.05, 3.63) is 64.5 Å². The van der Waals surface area contributed by atoms with Gasteiger partial charge in [-0.05, 0) is 48.1 Å². The molecular weight excluding hydrogens is 379 g/mol. The Kier molecular flexibility index (Phi) is 6.79. The van der Waals surface area contributed by atoms with Crippen molar-refractivity contribution >= 4 is 11.6 Å². The van der Waals surface area contributed by atoms with Crippen LogP contribution in [-0.2, 0) is 24.2 Å². The molecular formula is C22H26F3N3O. The van der Waals surface area contributed by atoms with E-state index in [1.165, 1.54) is 5.56 Å². The summed E-state index contributed by atoms with van der Waals surface area (Å²) in [7, 11) is 0. The van der Waals surface area contributed by atoms with E-state index >= 15 is 0 Å². The second-order valence-corrected chi connectivity index (χ2v) is 7.47. The molecule has 0 aromatic heterocycles. The third-order valence-electron chi connectivity index (χ3n) is 5.22. The third-order valence-corrected chi connectivity index (χ3v) is 5.22. The highest BCUT2D eigenvalue weighted by Crippen LogP contribution is 2.23. The molecule has 1 atom stereocenters. The predicted molar refractivity (Wildman–Crippen MR) is 107 cm³/mol. The zero-order valence-corrected chi connectivity index (χ0v) is 16.5. The monoisotopic (exact) mass is 405 g/mol. The molecule has 0 saturated heterocycles. The van der Waals surface area contributed by atoms with Crippen LogP contribution in [0.1, 0.15) is 36.5 Å². The van der Waals surface area contributed by atoms with Crippen LogP contribution in [0.5, 0.6) is 0 Å². The van der Waals surface area contributed by atoms with Crippen LogP contribution >= 0.6 is 0 Å². The van der Waals surface area contributed by atoms with E-state index in [2.05, 4.69) is 24.4 Å². The van der Waals surface area contributed by atoms with Crippen molar-refractivity contribution in [2.45, 2.75) is 45.2 Å². The molecule has 0 fully saturated rings. The number of hydrogen-bond acceptors (Lipinski definition) is 3. The van der Waals surface area contributed by atoms with Crippen LogP contribution in [0.4, 0.5) is 18.9 Å². The number of nitrogens with zero attached hydrogens (tertiary/aromatic N) is 1. The summed E-state index contributed by atoms with van der Waals surface area (Å²) in [6, 6.07) is 6.82. The van der Waals surface area contributed by atoms with E-state index in [-0.39, 0.29) is 24.3 Å². The van der Waals surface area contributed by atoms with Gasteiger partial charge in [-0.3, -0.25) is 4.79 Å². The van der Waals surface area contributed by atoms with E-state index in [1.807, 2.05) is 6.07 Å². The Morgan fingerprint density at radius 3 is 2.69 bits per heavy atom. The van der Waals surface area contributed by atoms with Crippen molar-refractivity contribution in [2.75, 3.05) is 18.4 Å². The highest BCUT2D eigenvalue weighted by Gasteiger charge is 2.21. The molecule has 1 unspecified atom stereocenters. The van der Waals surface area contributed by atoms with Gasteiger partial charge in [0.1, 0.15) is 5.82 Å². The highest BCUT2D eigenvalue weighted by atomic mass is 19.2. The maximum atomic E-state index is 13.8. The second-order valence-electron chi connectivity index (χ2n) is 7.47. The van der Waals surface area contributed by atoms with Gasteiger partial charge in [-0.1, -0.05) is 19.1 Å². The first kappa shape index (κ1) is 21.2. The van der Waals surface area contributed by atoms with E-state index in [1.54, 1.807) is 4.90 Å². The molecule has 1 amide bonds. The lowest BCUT2D eigenvalue weighted by Gasteiger charge is -2.28. The summed E-state index contributed by atoms with van der Waals surface area (Å²) in [5.41, 5.74) is 9.30. The maximum Gasteiger partial charge on any atom is 0.224 e. The summed E-state index contributed by atoms with van der Waals surface area (Å²) in [6.07, 6.45) is 1.70. The molecule has 29 heavy (non-hydrogen) atoms. The molecule has 4 nitrogen and oxygen atoms in total. The Balaban J connectivity index is 1.67. The van der Waals surface area contributed by atoms with Gasteiger partial charge in [0.15, 0.2) is 11.6 Å². The lowest BCUT2D eigenvalue weighted by atomic mass is 10.0. The normalized spacial score (nSPS) is 15.1. The number of carbonyl (C=O) groups is 1. The number of aryl methyl sites for hydroxylation is 1. The quantitative estimate of drug-likeness (QED) is 0.745. The molecule has 0 radical (unpaired) electrons. The number of halogens is 3. The Morgan fingerprint density at radius 2 is 1.93 bits per heavy atom. The van der Waals surface area contributed by atoms with Crippen molar-refractivity contribution in [1.82, 2.24) is 4.90 Å². The van der Waals surface area contributed by atoms with Crippen molar-refractivity contribution in [3.8, 4) is 0 Å². The van der Waals surface area contributed by atoms with Gasteiger partial charge in [-0.15, -0.1) is 0 Å². The fourth-order valence-corrected chi connectivity index (χ4v) is 3.56. The van der Waals surface area contributed by atoms with Crippen molar-refractivity contribution in [2.24, 2.45) is 5.73 Å². The summed E-state index contributed by atoms with van der Waals surface area (Å²) in [6.45, 7) is 3.91. The summed E-state index contributed by atoms with van der Waals surface area (Å²) in [5.74, 6) is -3.35. The first-order chi connectivity index (χ1) is 13.9. The van der Waals surface area contributed by atoms with Crippen molar-refractivity contribution in [1.29, 1.82) is 0 Å². The first-order valence-electron chi connectivity index (χ1n) is 9.89. The van der Waals surface area contributed by atoms with Crippen LogP contribution in [0.15, 0.2) is 30.3 Å². The highest BCUT2D eigenvalue weighted by molar-refractivity contribution is 5.77. The van der Waals surface area contributed by atoms with E-state index in [0.29, 0.717) is 19.2 Å². The molecule has 156 valence electrons. The van der Waals surface area contributed by atoms with Gasteiger partial charge in [0.2, 0.25) is 5.91 Å². The predicted octanol–water partition coefficient (Wildman–Crippen LogP) is 3.77. The van der Waals surface area contributed by atoms with Crippen LogP contribution in [-0.4, -0.2) is 29.9 Å². The van der Waals surface area contributed by atoms with E-state index in [9.17, 15) is 18.0 Å². The van der Waals surface area contributed by atoms with Gasteiger partial charge in [-0.25, -0.2) is 13.2 Å². The van der Waals surface area contributed by atoms with Gasteiger partial charge in [0.05, 0.1) is 0 Å². The zero-order valence-electron chi connectivity index (χ0n) is 16.5. The van der Waals surface area contributed by atoms with E-state index in [4.69, 9.17) is 5.73 Å². The largest absolute Gasteiger partial charge is 0.385 e. The van der Waals surface area contributed by atoms with E-state index in [0.717, 1.165) is 36.7 Å². The zero-order chi connectivity index (χ0) is 21.0. The topological polar surface area (TPSA) is 58.4 Å². The number of fused-ring (bicyclic) bond motifs is 1. The summed E-state index contributed by atoms with van der Waals surface area (Å²) < 4.78 is 40.3. The molecule has 0 bridgehead atoms. The average molecular weight is 405 g/mol. The fourth-order valence-electron chi connectivity index (χ4n) is 3.56. The molecule has 3 N–H and O–H groups in total. The lowest BCUT2D eigenvalue weighted by Crippen LogP contribution is -2.38. The minimum atomic E-state index is -1.24. The summed E-state index contributed by atoms with van der Waals surface area (Å²) >= 11 is 0. The van der Waals surface area contributed by atoms with Gasteiger partial charge in [0.25, 0.3) is 0 Å². The Morgan fingerprint density at radius 1 is 1.17 bits per heavy atom. The average Bonchev–Trinajstić information content (AvgIpc) is 2.66. The Hall–Kier alpha value is -2.54. The number of nitrogens with two attached hydrogens (primary N) is 1. The Bertz CT molecular complexity index is 888. The number of nitrogens with one attached hydrogen (secondary N) is 1. The number of rotatable bonds is 5. The molecule has 2 aromatic rings. The molecule has 0 aliphatic carbocycles. The smallest absolute Gasteiger partial charge is 0.224 e. The molecule has 2 aromatic carbocycles. The van der Waals surface area contributed by atoms with Crippen LogP contribution in [0.2, 0.25) is 0 Å². The van der Waals surface area contributed by atoms with Crippen LogP contribution in [0.3, 0.4) is 0 Å². The number of amides is 1. The number of benzene rings is 2. The standard InChI is InChI=1S/C22H26F3N3O/c1-2-14-4-5-15-13-28(7-3-6-27-21(15)8-14)22(29)11-17(26)9-16-10-19(24)20(25)12-18(16)23/h4-5,8,10,12,17,27H,2-3,6-7,9,11,13,26H2,1H3. The van der Waals surface area contributed by atoms with Gasteiger partial charge in [-0.2, -0.15) is 0 Å². The number of anilines is 1. The third kappa shape index (κ3) is 5.29. The molecule has 7 heteroatoms. The number of hydrogen-bond donors (Lipinski definition) is 2.